The second-order valence-corrected chi connectivity index (χ2v) is 11.0. The van der Waals surface area contributed by atoms with Crippen LogP contribution in [0.2, 0.25) is 0 Å². The first-order valence-electron chi connectivity index (χ1n) is 13.2. The summed E-state index contributed by atoms with van der Waals surface area (Å²) in [5, 5.41) is 0. The molecular formula is C27H56N+. The van der Waals surface area contributed by atoms with Gasteiger partial charge in [0.2, 0.25) is 0 Å². The monoisotopic (exact) mass is 394 g/mol. The molecule has 0 saturated heterocycles. The lowest BCUT2D eigenvalue weighted by atomic mass is 9.74. The van der Waals surface area contributed by atoms with Crippen molar-refractivity contribution in [2.24, 2.45) is 5.92 Å². The molecule has 1 aliphatic carbocycles. The van der Waals surface area contributed by atoms with Crippen molar-refractivity contribution in [3.05, 3.63) is 0 Å². The van der Waals surface area contributed by atoms with Crippen molar-refractivity contribution in [3.63, 3.8) is 0 Å². The molecule has 28 heavy (non-hydrogen) atoms. The highest BCUT2D eigenvalue weighted by molar-refractivity contribution is 4.82. The molecule has 0 aliphatic heterocycles. The van der Waals surface area contributed by atoms with Gasteiger partial charge in [-0.25, -0.2) is 0 Å². The molecule has 0 aromatic carbocycles. The molecule has 0 aromatic heterocycles. The first-order valence-corrected chi connectivity index (χ1v) is 13.2. The Balaban J connectivity index is 1.98. The van der Waals surface area contributed by atoms with E-state index in [0.29, 0.717) is 5.54 Å². The molecular weight excluding hydrogens is 338 g/mol. The summed E-state index contributed by atoms with van der Waals surface area (Å²) in [5.41, 5.74) is 0.441. The molecule has 1 nitrogen and oxygen atoms in total. The predicted octanol–water partition coefficient (Wildman–Crippen LogP) is 8.90. The number of rotatable bonds is 17. The quantitative estimate of drug-likeness (QED) is 0.171. The van der Waals surface area contributed by atoms with Gasteiger partial charge in [-0.1, -0.05) is 103 Å². The molecule has 1 aliphatic rings. The second kappa shape index (κ2) is 14.9. The summed E-state index contributed by atoms with van der Waals surface area (Å²) in [5.74, 6) is 0.933. The third kappa shape index (κ3) is 10.1. The van der Waals surface area contributed by atoms with Crippen LogP contribution < -0.4 is 0 Å². The van der Waals surface area contributed by atoms with Gasteiger partial charge >= 0.3 is 0 Å². The van der Waals surface area contributed by atoms with Gasteiger partial charge in [0, 0.05) is 5.92 Å². The Morgan fingerprint density at radius 1 is 0.607 bits per heavy atom. The van der Waals surface area contributed by atoms with E-state index in [1.165, 1.54) is 133 Å². The van der Waals surface area contributed by atoms with Crippen LogP contribution in [0.25, 0.3) is 0 Å². The molecule has 0 atom stereocenters. The van der Waals surface area contributed by atoms with Gasteiger partial charge in [0.05, 0.1) is 26.2 Å². The van der Waals surface area contributed by atoms with E-state index in [-0.39, 0.29) is 0 Å². The molecule has 0 unspecified atom stereocenters. The SMILES string of the molecule is CCCCCCCCCCCCCCCC[N+](C)(C)C(C)(C)C1CCCCC1. The van der Waals surface area contributed by atoms with E-state index in [2.05, 4.69) is 34.9 Å². The Morgan fingerprint density at radius 2 is 1.00 bits per heavy atom. The van der Waals surface area contributed by atoms with Gasteiger partial charge in [-0.05, 0) is 39.5 Å². The molecule has 0 N–H and O–H groups in total. The van der Waals surface area contributed by atoms with Crippen LogP contribution in [0.5, 0.6) is 0 Å². The van der Waals surface area contributed by atoms with Gasteiger partial charge in [-0.15, -0.1) is 0 Å². The number of unbranched alkanes of at least 4 members (excludes halogenated alkanes) is 13. The molecule has 1 saturated carbocycles. The maximum Gasteiger partial charge on any atom is 0.0959 e. The zero-order valence-electron chi connectivity index (χ0n) is 20.7. The highest BCUT2D eigenvalue weighted by Gasteiger charge is 2.43. The maximum absolute atomic E-state index is 2.55. The van der Waals surface area contributed by atoms with Crippen LogP contribution in [0.4, 0.5) is 0 Å². The fraction of sp³-hybridized carbons (Fsp3) is 1.00. The van der Waals surface area contributed by atoms with Gasteiger partial charge in [0.15, 0.2) is 0 Å². The Kier molecular flexibility index (Phi) is 13.8. The zero-order valence-corrected chi connectivity index (χ0v) is 20.7. The van der Waals surface area contributed by atoms with Crippen molar-refractivity contribution in [1.29, 1.82) is 0 Å². The van der Waals surface area contributed by atoms with Crippen LogP contribution in [0.1, 0.15) is 143 Å². The molecule has 0 bridgehead atoms. The van der Waals surface area contributed by atoms with Gasteiger partial charge in [0.25, 0.3) is 0 Å². The summed E-state index contributed by atoms with van der Waals surface area (Å²) in [6.45, 7) is 8.76. The molecule has 1 rings (SSSR count). The molecule has 168 valence electrons. The highest BCUT2D eigenvalue weighted by atomic mass is 15.4. The van der Waals surface area contributed by atoms with E-state index in [1.54, 1.807) is 0 Å². The first-order chi connectivity index (χ1) is 13.4. The van der Waals surface area contributed by atoms with Crippen LogP contribution in [0.15, 0.2) is 0 Å². The van der Waals surface area contributed by atoms with E-state index in [4.69, 9.17) is 0 Å². The Hall–Kier alpha value is -0.0400. The molecule has 1 fully saturated rings. The van der Waals surface area contributed by atoms with Gasteiger partial charge in [-0.2, -0.15) is 0 Å². The molecule has 0 spiro atoms. The summed E-state index contributed by atoms with van der Waals surface area (Å²) in [4.78, 5) is 0. The number of hydrogen-bond acceptors (Lipinski definition) is 0. The van der Waals surface area contributed by atoms with Crippen LogP contribution in [-0.2, 0) is 0 Å². The average Bonchev–Trinajstić information content (AvgIpc) is 2.68. The lowest BCUT2D eigenvalue weighted by Gasteiger charge is -2.50. The molecule has 0 aromatic rings. The molecule has 0 amide bonds. The van der Waals surface area contributed by atoms with Crippen molar-refractivity contribution >= 4 is 0 Å². The fourth-order valence-electron chi connectivity index (χ4n) is 5.29. The normalized spacial score (nSPS) is 16.6. The summed E-state index contributed by atoms with van der Waals surface area (Å²) in [6.07, 6.45) is 27.7. The van der Waals surface area contributed by atoms with E-state index >= 15 is 0 Å². The summed E-state index contributed by atoms with van der Waals surface area (Å²) < 4.78 is 1.22. The third-order valence-electron chi connectivity index (χ3n) is 8.24. The summed E-state index contributed by atoms with van der Waals surface area (Å²) in [6, 6.07) is 0. The minimum atomic E-state index is 0.441. The van der Waals surface area contributed by atoms with Gasteiger partial charge in [-0.3, -0.25) is 0 Å². The van der Waals surface area contributed by atoms with Crippen molar-refractivity contribution in [2.45, 2.75) is 148 Å². The lowest BCUT2D eigenvalue weighted by Crippen LogP contribution is -2.60. The fourth-order valence-corrected chi connectivity index (χ4v) is 5.29. The van der Waals surface area contributed by atoms with E-state index in [9.17, 15) is 0 Å². The van der Waals surface area contributed by atoms with E-state index < -0.39 is 0 Å². The minimum absolute atomic E-state index is 0.441. The van der Waals surface area contributed by atoms with Crippen molar-refractivity contribution in [2.75, 3.05) is 20.6 Å². The van der Waals surface area contributed by atoms with Crippen LogP contribution >= 0.6 is 0 Å². The van der Waals surface area contributed by atoms with Crippen LogP contribution in [-0.4, -0.2) is 30.7 Å². The highest BCUT2D eigenvalue weighted by Crippen LogP contribution is 2.38. The Bertz CT molecular complexity index is 351. The zero-order chi connectivity index (χ0) is 20.7. The molecule has 1 heteroatoms. The molecule has 0 radical (unpaired) electrons. The molecule has 0 heterocycles. The van der Waals surface area contributed by atoms with Crippen LogP contribution in [0, 0.1) is 5.92 Å². The largest absolute Gasteiger partial charge is 0.324 e. The minimum Gasteiger partial charge on any atom is -0.324 e. The first kappa shape index (κ1) is 26.0. The Labute approximate surface area is 179 Å². The van der Waals surface area contributed by atoms with E-state index in [0.717, 1.165) is 5.92 Å². The maximum atomic E-state index is 2.55. The van der Waals surface area contributed by atoms with Crippen molar-refractivity contribution < 1.29 is 4.48 Å². The summed E-state index contributed by atoms with van der Waals surface area (Å²) >= 11 is 0. The standard InChI is InChI=1S/C27H56N/c1-6-7-8-9-10-11-12-13-14-15-16-17-18-22-25-28(4,5)27(2,3)26-23-20-19-21-24-26/h26H,6-25H2,1-5H3/q+1. The second-order valence-electron chi connectivity index (χ2n) is 11.0. The third-order valence-corrected chi connectivity index (χ3v) is 8.24. The Morgan fingerprint density at radius 3 is 1.43 bits per heavy atom. The smallest absolute Gasteiger partial charge is 0.0959 e. The number of hydrogen-bond donors (Lipinski definition) is 0. The topological polar surface area (TPSA) is 0 Å². The number of nitrogens with zero attached hydrogens (tertiary/aromatic N) is 1. The van der Waals surface area contributed by atoms with Gasteiger partial charge < -0.3 is 4.48 Å². The lowest BCUT2D eigenvalue weighted by molar-refractivity contribution is -0.942. The average molecular weight is 395 g/mol. The van der Waals surface area contributed by atoms with Crippen molar-refractivity contribution in [3.8, 4) is 0 Å². The van der Waals surface area contributed by atoms with Gasteiger partial charge in [0.1, 0.15) is 0 Å². The van der Waals surface area contributed by atoms with E-state index in [1.807, 2.05) is 0 Å². The number of quaternary nitrogens is 1. The van der Waals surface area contributed by atoms with Crippen LogP contribution in [0.3, 0.4) is 0 Å². The predicted molar refractivity (Wildman–Crippen MR) is 128 cm³/mol. The summed E-state index contributed by atoms with van der Waals surface area (Å²) in [7, 11) is 4.99. The van der Waals surface area contributed by atoms with Crippen molar-refractivity contribution in [1.82, 2.24) is 0 Å².